The highest BCUT2D eigenvalue weighted by atomic mass is 32.2. The van der Waals surface area contributed by atoms with Crippen molar-refractivity contribution in [3.63, 3.8) is 0 Å². The van der Waals surface area contributed by atoms with Gasteiger partial charge in [-0.15, -0.1) is 0 Å². The maximum absolute atomic E-state index is 12.5. The standard InChI is InChI=1S/C19H24N2O3S/c1-19(2,3)20-25(23,24)17-12-10-16(11-13-17)18(22)21(4)14-15-8-6-5-7-9-15/h5-13,20H,14H2,1-4H3. The molecule has 25 heavy (non-hydrogen) atoms. The lowest BCUT2D eigenvalue weighted by molar-refractivity contribution is 0.0785. The molecule has 2 aromatic rings. The lowest BCUT2D eigenvalue weighted by Crippen LogP contribution is -2.40. The largest absolute Gasteiger partial charge is 0.337 e. The van der Waals surface area contributed by atoms with Crippen molar-refractivity contribution in [2.24, 2.45) is 0 Å². The molecule has 0 saturated heterocycles. The topological polar surface area (TPSA) is 66.5 Å². The van der Waals surface area contributed by atoms with E-state index in [2.05, 4.69) is 4.72 Å². The first-order chi connectivity index (χ1) is 11.6. The van der Waals surface area contributed by atoms with Crippen molar-refractivity contribution >= 4 is 15.9 Å². The smallest absolute Gasteiger partial charge is 0.253 e. The summed E-state index contributed by atoms with van der Waals surface area (Å²) in [6, 6.07) is 15.7. The van der Waals surface area contributed by atoms with E-state index < -0.39 is 15.6 Å². The van der Waals surface area contributed by atoms with Gasteiger partial charge in [0.05, 0.1) is 4.90 Å². The molecule has 0 fully saturated rings. The molecule has 0 bridgehead atoms. The number of benzene rings is 2. The third-order valence-corrected chi connectivity index (χ3v) is 5.24. The minimum absolute atomic E-state index is 0.143. The van der Waals surface area contributed by atoms with Crippen LogP contribution in [0.15, 0.2) is 59.5 Å². The second-order valence-corrected chi connectivity index (χ2v) is 8.71. The van der Waals surface area contributed by atoms with Crippen molar-refractivity contribution in [2.75, 3.05) is 7.05 Å². The Hall–Kier alpha value is -2.18. The van der Waals surface area contributed by atoms with Gasteiger partial charge in [0.15, 0.2) is 0 Å². The normalized spacial score (nSPS) is 12.0. The van der Waals surface area contributed by atoms with Crippen LogP contribution in [-0.4, -0.2) is 31.8 Å². The van der Waals surface area contributed by atoms with E-state index in [0.29, 0.717) is 12.1 Å². The predicted molar refractivity (Wildman–Crippen MR) is 98.8 cm³/mol. The van der Waals surface area contributed by atoms with E-state index in [-0.39, 0.29) is 10.8 Å². The highest BCUT2D eigenvalue weighted by Crippen LogP contribution is 2.15. The van der Waals surface area contributed by atoms with E-state index >= 15 is 0 Å². The van der Waals surface area contributed by atoms with Gasteiger partial charge in [0.1, 0.15) is 0 Å². The van der Waals surface area contributed by atoms with Crippen LogP contribution in [0.25, 0.3) is 0 Å². The Bertz CT molecular complexity index is 823. The third kappa shape index (κ3) is 5.41. The van der Waals surface area contributed by atoms with Crippen molar-refractivity contribution in [3.8, 4) is 0 Å². The molecule has 0 unspecified atom stereocenters. The number of sulfonamides is 1. The molecule has 0 radical (unpaired) electrons. The van der Waals surface area contributed by atoms with Crippen LogP contribution < -0.4 is 4.72 Å². The average molecular weight is 360 g/mol. The zero-order valence-corrected chi connectivity index (χ0v) is 15.8. The molecule has 0 aliphatic carbocycles. The molecule has 2 rings (SSSR count). The first kappa shape index (κ1) is 19.1. The van der Waals surface area contributed by atoms with E-state index in [1.54, 1.807) is 44.9 Å². The van der Waals surface area contributed by atoms with Gasteiger partial charge in [-0.25, -0.2) is 13.1 Å². The van der Waals surface area contributed by atoms with Gasteiger partial charge in [-0.1, -0.05) is 30.3 Å². The summed E-state index contributed by atoms with van der Waals surface area (Å²) in [6.45, 7) is 5.83. The number of hydrogen-bond donors (Lipinski definition) is 1. The number of nitrogens with zero attached hydrogens (tertiary/aromatic N) is 1. The fourth-order valence-electron chi connectivity index (χ4n) is 2.39. The van der Waals surface area contributed by atoms with Crippen molar-refractivity contribution in [1.82, 2.24) is 9.62 Å². The van der Waals surface area contributed by atoms with Crippen molar-refractivity contribution in [3.05, 3.63) is 65.7 Å². The summed E-state index contributed by atoms with van der Waals surface area (Å²) in [5, 5.41) is 0. The van der Waals surface area contributed by atoms with Crippen LogP contribution in [0.4, 0.5) is 0 Å². The quantitative estimate of drug-likeness (QED) is 0.891. The Morgan fingerprint density at radius 1 is 1.00 bits per heavy atom. The average Bonchev–Trinajstić information content (AvgIpc) is 2.53. The van der Waals surface area contributed by atoms with E-state index in [4.69, 9.17) is 0 Å². The van der Waals surface area contributed by atoms with Crippen LogP contribution >= 0.6 is 0 Å². The molecule has 0 spiro atoms. The minimum atomic E-state index is -3.60. The summed E-state index contributed by atoms with van der Waals surface area (Å²) in [7, 11) is -1.88. The molecule has 0 saturated carbocycles. The van der Waals surface area contributed by atoms with Crippen molar-refractivity contribution in [1.29, 1.82) is 0 Å². The number of carbonyl (C=O) groups excluding carboxylic acids is 1. The summed E-state index contributed by atoms with van der Waals surface area (Å²) in [5.74, 6) is -0.156. The Morgan fingerprint density at radius 3 is 2.08 bits per heavy atom. The maximum atomic E-state index is 12.5. The van der Waals surface area contributed by atoms with Crippen LogP contribution in [0.5, 0.6) is 0 Å². The summed E-state index contributed by atoms with van der Waals surface area (Å²) < 4.78 is 27.2. The zero-order valence-electron chi connectivity index (χ0n) is 15.0. The van der Waals surface area contributed by atoms with Gasteiger partial charge in [0.2, 0.25) is 10.0 Å². The highest BCUT2D eigenvalue weighted by molar-refractivity contribution is 7.89. The Kier molecular flexibility index (Phi) is 5.65. The fraction of sp³-hybridized carbons (Fsp3) is 0.316. The summed E-state index contributed by atoms with van der Waals surface area (Å²) in [6.07, 6.45) is 0. The Morgan fingerprint density at radius 2 is 1.56 bits per heavy atom. The first-order valence-electron chi connectivity index (χ1n) is 8.02. The lowest BCUT2D eigenvalue weighted by Gasteiger charge is -2.20. The molecular formula is C19H24N2O3S. The number of amides is 1. The molecule has 0 aromatic heterocycles. The Balaban J connectivity index is 2.12. The van der Waals surface area contributed by atoms with Crippen LogP contribution in [-0.2, 0) is 16.6 Å². The lowest BCUT2D eigenvalue weighted by atomic mass is 10.1. The maximum Gasteiger partial charge on any atom is 0.253 e. The first-order valence-corrected chi connectivity index (χ1v) is 9.50. The molecule has 1 N–H and O–H groups in total. The zero-order chi connectivity index (χ0) is 18.7. The fourth-order valence-corrected chi connectivity index (χ4v) is 3.81. The summed E-state index contributed by atoms with van der Waals surface area (Å²) in [4.78, 5) is 14.2. The van der Waals surface area contributed by atoms with E-state index in [9.17, 15) is 13.2 Å². The molecule has 0 aliphatic rings. The van der Waals surface area contributed by atoms with Gasteiger partial charge in [0.25, 0.3) is 5.91 Å². The summed E-state index contributed by atoms with van der Waals surface area (Å²) in [5.41, 5.74) is 0.920. The van der Waals surface area contributed by atoms with Crippen LogP contribution in [0.3, 0.4) is 0 Å². The van der Waals surface area contributed by atoms with E-state index in [0.717, 1.165) is 5.56 Å². The molecule has 134 valence electrons. The van der Waals surface area contributed by atoms with Gasteiger partial charge in [-0.2, -0.15) is 0 Å². The monoisotopic (exact) mass is 360 g/mol. The predicted octanol–water partition coefficient (Wildman–Crippen LogP) is 3.04. The van der Waals surface area contributed by atoms with Crippen LogP contribution in [0.1, 0.15) is 36.7 Å². The number of rotatable bonds is 5. The molecule has 6 heteroatoms. The minimum Gasteiger partial charge on any atom is -0.337 e. The molecule has 5 nitrogen and oxygen atoms in total. The van der Waals surface area contributed by atoms with E-state index in [1.807, 2.05) is 30.3 Å². The molecule has 0 atom stereocenters. The third-order valence-electron chi connectivity index (χ3n) is 3.46. The molecule has 0 heterocycles. The SMILES string of the molecule is CN(Cc1ccccc1)C(=O)c1ccc(S(=O)(=O)NC(C)(C)C)cc1. The van der Waals surface area contributed by atoms with Gasteiger partial charge < -0.3 is 4.90 Å². The van der Waals surface area contributed by atoms with E-state index in [1.165, 1.54) is 12.1 Å². The highest BCUT2D eigenvalue weighted by Gasteiger charge is 2.22. The van der Waals surface area contributed by atoms with Gasteiger partial charge in [-0.3, -0.25) is 4.79 Å². The number of hydrogen-bond acceptors (Lipinski definition) is 3. The van der Waals surface area contributed by atoms with Crippen LogP contribution in [0.2, 0.25) is 0 Å². The molecule has 0 aliphatic heterocycles. The van der Waals surface area contributed by atoms with Crippen LogP contribution in [0, 0.1) is 0 Å². The molecular weight excluding hydrogens is 336 g/mol. The second kappa shape index (κ2) is 7.37. The van der Waals surface area contributed by atoms with Crippen molar-refractivity contribution < 1.29 is 13.2 Å². The molecule has 2 aromatic carbocycles. The Labute approximate surface area is 149 Å². The molecule has 1 amide bonds. The van der Waals surface area contributed by atoms with Gasteiger partial charge in [0, 0.05) is 24.7 Å². The van der Waals surface area contributed by atoms with Gasteiger partial charge >= 0.3 is 0 Å². The van der Waals surface area contributed by atoms with Crippen molar-refractivity contribution in [2.45, 2.75) is 37.8 Å². The number of carbonyl (C=O) groups is 1. The van der Waals surface area contributed by atoms with Gasteiger partial charge in [-0.05, 0) is 50.6 Å². The second-order valence-electron chi connectivity index (χ2n) is 7.03. The number of nitrogens with one attached hydrogen (secondary N) is 1. The summed E-state index contributed by atoms with van der Waals surface area (Å²) >= 11 is 0.